The normalized spacial score (nSPS) is 17.6. The highest BCUT2D eigenvalue weighted by Gasteiger charge is 2.20. The van der Waals surface area contributed by atoms with Crippen LogP contribution >= 0.6 is 0 Å². The van der Waals surface area contributed by atoms with E-state index in [9.17, 15) is 4.39 Å². The van der Waals surface area contributed by atoms with Crippen LogP contribution in [0.25, 0.3) is 0 Å². The fraction of sp³-hybridized carbons (Fsp3) is 0.500. The first-order valence-electron chi connectivity index (χ1n) is 8.99. The molecule has 5 heteroatoms. The first-order valence-corrected chi connectivity index (χ1v) is 8.99. The van der Waals surface area contributed by atoms with E-state index < -0.39 is 0 Å². The van der Waals surface area contributed by atoms with Crippen molar-refractivity contribution in [2.45, 2.75) is 51.8 Å². The molecule has 1 atom stereocenters. The zero-order valence-corrected chi connectivity index (χ0v) is 15.0. The lowest BCUT2D eigenvalue weighted by Gasteiger charge is -2.25. The van der Waals surface area contributed by atoms with Crippen LogP contribution in [0.2, 0.25) is 0 Å². The molecule has 1 fully saturated rings. The van der Waals surface area contributed by atoms with Gasteiger partial charge in [-0.05, 0) is 30.5 Å². The van der Waals surface area contributed by atoms with Gasteiger partial charge in [0.05, 0.1) is 6.10 Å². The van der Waals surface area contributed by atoms with Gasteiger partial charge in [-0.3, -0.25) is 4.90 Å². The fourth-order valence-electron chi connectivity index (χ4n) is 3.16. The van der Waals surface area contributed by atoms with E-state index in [0.717, 1.165) is 49.5 Å². The van der Waals surface area contributed by atoms with Crippen LogP contribution in [0.4, 0.5) is 4.39 Å². The van der Waals surface area contributed by atoms with Gasteiger partial charge in [0.25, 0.3) is 0 Å². The second kappa shape index (κ2) is 8.50. The van der Waals surface area contributed by atoms with Gasteiger partial charge in [0, 0.05) is 50.1 Å². The van der Waals surface area contributed by atoms with Crippen LogP contribution in [0.1, 0.15) is 49.6 Å². The predicted octanol–water partition coefficient (Wildman–Crippen LogP) is 3.92. The molecule has 0 spiro atoms. The molecule has 2 heterocycles. The van der Waals surface area contributed by atoms with E-state index in [1.807, 2.05) is 18.5 Å². The molecule has 1 aromatic carbocycles. The summed E-state index contributed by atoms with van der Waals surface area (Å²) < 4.78 is 19.3. The van der Waals surface area contributed by atoms with Crippen LogP contribution in [-0.2, 0) is 17.8 Å². The van der Waals surface area contributed by atoms with Crippen molar-refractivity contribution in [3.63, 3.8) is 0 Å². The van der Waals surface area contributed by atoms with E-state index in [-0.39, 0.29) is 11.9 Å². The average molecular weight is 343 g/mol. The molecule has 0 unspecified atom stereocenters. The molecule has 0 bridgehead atoms. The van der Waals surface area contributed by atoms with Crippen LogP contribution in [0.15, 0.2) is 36.7 Å². The number of rotatable bonds is 7. The summed E-state index contributed by atoms with van der Waals surface area (Å²) in [5.74, 6) is 0.989. The van der Waals surface area contributed by atoms with Crippen molar-refractivity contribution in [1.82, 2.24) is 14.9 Å². The lowest BCUT2D eigenvalue weighted by molar-refractivity contribution is 0.0678. The molecule has 0 N–H and O–H groups in total. The third-order valence-corrected chi connectivity index (χ3v) is 4.43. The average Bonchev–Trinajstić information content (AvgIpc) is 3.08. The van der Waals surface area contributed by atoms with Gasteiger partial charge in [-0.25, -0.2) is 14.4 Å². The molecule has 25 heavy (non-hydrogen) atoms. The van der Waals surface area contributed by atoms with Gasteiger partial charge >= 0.3 is 0 Å². The van der Waals surface area contributed by atoms with Crippen molar-refractivity contribution in [3.8, 4) is 0 Å². The van der Waals surface area contributed by atoms with Gasteiger partial charge < -0.3 is 4.74 Å². The van der Waals surface area contributed by atoms with E-state index in [2.05, 4.69) is 28.7 Å². The van der Waals surface area contributed by atoms with Crippen LogP contribution < -0.4 is 0 Å². The van der Waals surface area contributed by atoms with Crippen LogP contribution in [-0.4, -0.2) is 34.1 Å². The van der Waals surface area contributed by atoms with Gasteiger partial charge in [-0.2, -0.15) is 0 Å². The lowest BCUT2D eigenvalue weighted by atomic mass is 10.1. The summed E-state index contributed by atoms with van der Waals surface area (Å²) in [4.78, 5) is 11.2. The van der Waals surface area contributed by atoms with Gasteiger partial charge in [-0.1, -0.05) is 26.0 Å². The van der Waals surface area contributed by atoms with Crippen LogP contribution in [0, 0.1) is 5.82 Å². The Morgan fingerprint density at radius 3 is 2.60 bits per heavy atom. The highest BCUT2D eigenvalue weighted by atomic mass is 19.1. The van der Waals surface area contributed by atoms with E-state index in [1.165, 1.54) is 6.07 Å². The smallest absolute Gasteiger partial charge is 0.130 e. The maximum atomic E-state index is 13.5. The second-order valence-electron chi connectivity index (χ2n) is 7.04. The zero-order valence-electron chi connectivity index (χ0n) is 15.0. The summed E-state index contributed by atoms with van der Waals surface area (Å²) in [6.07, 6.45) is 6.25. The lowest BCUT2D eigenvalue weighted by Crippen LogP contribution is -2.31. The highest BCUT2D eigenvalue weighted by Crippen LogP contribution is 2.18. The SMILES string of the molecule is CC(C)c1ncc(CN(Cc2cccc(F)c2)C[C@H]2CCCO2)cn1. The fourth-order valence-corrected chi connectivity index (χ4v) is 3.16. The number of halogens is 1. The first kappa shape index (κ1) is 18.0. The minimum absolute atomic E-state index is 0.195. The minimum atomic E-state index is -0.195. The Morgan fingerprint density at radius 2 is 1.96 bits per heavy atom. The number of hydrogen-bond acceptors (Lipinski definition) is 4. The van der Waals surface area contributed by atoms with Crippen molar-refractivity contribution >= 4 is 0 Å². The maximum absolute atomic E-state index is 13.5. The number of ether oxygens (including phenoxy) is 1. The predicted molar refractivity (Wildman–Crippen MR) is 95.6 cm³/mol. The Labute approximate surface area is 149 Å². The van der Waals surface area contributed by atoms with Gasteiger partial charge in [0.15, 0.2) is 0 Å². The van der Waals surface area contributed by atoms with E-state index in [4.69, 9.17) is 4.74 Å². The summed E-state index contributed by atoms with van der Waals surface area (Å²) in [6.45, 7) is 7.26. The second-order valence-corrected chi connectivity index (χ2v) is 7.04. The molecule has 2 aromatic rings. The summed E-state index contributed by atoms with van der Waals surface area (Å²) in [7, 11) is 0. The molecule has 1 aliphatic heterocycles. The van der Waals surface area contributed by atoms with Crippen molar-refractivity contribution < 1.29 is 9.13 Å². The monoisotopic (exact) mass is 343 g/mol. The summed E-state index contributed by atoms with van der Waals surface area (Å²) in [5, 5.41) is 0. The molecule has 1 aliphatic rings. The highest BCUT2D eigenvalue weighted by molar-refractivity contribution is 5.16. The Balaban J connectivity index is 1.70. The van der Waals surface area contributed by atoms with E-state index in [1.54, 1.807) is 12.1 Å². The summed E-state index contributed by atoms with van der Waals surface area (Å²) in [6, 6.07) is 6.80. The van der Waals surface area contributed by atoms with Crippen LogP contribution in [0.3, 0.4) is 0 Å². The maximum Gasteiger partial charge on any atom is 0.130 e. The third kappa shape index (κ3) is 5.31. The van der Waals surface area contributed by atoms with E-state index >= 15 is 0 Å². The summed E-state index contributed by atoms with van der Waals surface area (Å²) >= 11 is 0. The van der Waals surface area contributed by atoms with Gasteiger partial charge in [0.1, 0.15) is 11.6 Å². The standard InChI is InChI=1S/C20H26FN3O/c1-15(2)20-22-10-17(11-23-20)13-24(14-19-7-4-8-25-19)12-16-5-3-6-18(21)9-16/h3,5-6,9-11,15,19H,4,7-8,12-14H2,1-2H3/t19-/m1/s1. The van der Waals surface area contributed by atoms with E-state index in [0.29, 0.717) is 12.5 Å². The van der Waals surface area contributed by atoms with Gasteiger partial charge in [0.2, 0.25) is 0 Å². The Bertz CT molecular complexity index is 669. The number of hydrogen-bond donors (Lipinski definition) is 0. The molecule has 1 saturated heterocycles. The van der Waals surface area contributed by atoms with Gasteiger partial charge in [-0.15, -0.1) is 0 Å². The van der Waals surface area contributed by atoms with Crippen molar-refractivity contribution in [1.29, 1.82) is 0 Å². The molecule has 0 radical (unpaired) electrons. The number of nitrogens with zero attached hydrogens (tertiary/aromatic N) is 3. The minimum Gasteiger partial charge on any atom is -0.377 e. The molecule has 4 nitrogen and oxygen atoms in total. The van der Waals surface area contributed by atoms with Crippen molar-refractivity contribution in [3.05, 3.63) is 59.4 Å². The Hall–Kier alpha value is -1.85. The van der Waals surface area contributed by atoms with Crippen LogP contribution in [0.5, 0.6) is 0 Å². The molecule has 0 aliphatic carbocycles. The zero-order chi connectivity index (χ0) is 17.6. The third-order valence-electron chi connectivity index (χ3n) is 4.43. The number of benzene rings is 1. The topological polar surface area (TPSA) is 38.2 Å². The molecular formula is C20H26FN3O. The molecule has 134 valence electrons. The van der Waals surface area contributed by atoms with Crippen molar-refractivity contribution in [2.24, 2.45) is 0 Å². The van der Waals surface area contributed by atoms with Crippen molar-refractivity contribution in [2.75, 3.05) is 13.2 Å². The summed E-state index contributed by atoms with van der Waals surface area (Å²) in [5.41, 5.74) is 2.04. The molecule has 0 saturated carbocycles. The molecular weight excluding hydrogens is 317 g/mol. The quantitative estimate of drug-likeness (QED) is 0.764. The molecule has 1 aromatic heterocycles. The Kier molecular flexibility index (Phi) is 6.10. The first-order chi connectivity index (χ1) is 12.1. The molecule has 3 rings (SSSR count). The number of aromatic nitrogens is 2. The largest absolute Gasteiger partial charge is 0.377 e. The molecule has 0 amide bonds. The Morgan fingerprint density at radius 1 is 1.20 bits per heavy atom.